The third kappa shape index (κ3) is 5.70. The van der Waals surface area contributed by atoms with Gasteiger partial charge < -0.3 is 15.1 Å². The maximum Gasteiger partial charge on any atom is 0.279 e. The number of hydrogen-bond acceptors (Lipinski definition) is 1. The van der Waals surface area contributed by atoms with Gasteiger partial charge in [-0.1, -0.05) is 60.1 Å². The van der Waals surface area contributed by atoms with E-state index in [1.54, 1.807) is 11.0 Å². The maximum absolute atomic E-state index is 12.2. The number of quaternary nitrogens is 2. The molecule has 3 N–H and O–H groups in total. The number of carbonyl (C=O) groups is 1. The topological polar surface area (TPSA) is 38.0 Å². The number of halogens is 1. The van der Waals surface area contributed by atoms with Crippen molar-refractivity contribution in [1.82, 2.24) is 0 Å². The van der Waals surface area contributed by atoms with Crippen LogP contribution in [0.3, 0.4) is 0 Å². The van der Waals surface area contributed by atoms with Crippen LogP contribution in [0.1, 0.15) is 5.56 Å². The van der Waals surface area contributed by atoms with Crippen LogP contribution in [-0.4, -0.2) is 45.2 Å². The number of para-hydroxylation sites is 1. The molecule has 0 aromatic heterocycles. The lowest BCUT2D eigenvalue weighted by Crippen LogP contribution is -3.28. The van der Waals surface area contributed by atoms with Gasteiger partial charge in [0.25, 0.3) is 5.91 Å². The molecule has 0 saturated carbocycles. The molecule has 0 bridgehead atoms. The van der Waals surface area contributed by atoms with Crippen molar-refractivity contribution in [3.05, 3.63) is 71.3 Å². The predicted octanol–water partition coefficient (Wildman–Crippen LogP) is 0.775. The molecular formula is C21H26ClN3O+2. The maximum atomic E-state index is 12.2. The molecule has 4 nitrogen and oxygen atoms in total. The number of rotatable bonds is 6. The Hall–Kier alpha value is -2.14. The summed E-state index contributed by atoms with van der Waals surface area (Å²) in [4.78, 5) is 15.1. The summed E-state index contributed by atoms with van der Waals surface area (Å²) in [6.07, 6.45) is 4.43. The van der Waals surface area contributed by atoms with E-state index >= 15 is 0 Å². The van der Waals surface area contributed by atoms with E-state index in [1.165, 1.54) is 10.5 Å². The normalized spacial score (nSPS) is 20.2. The number of carbonyl (C=O) groups excluding carboxylic acids is 1. The Labute approximate surface area is 160 Å². The molecule has 2 aromatic carbocycles. The van der Waals surface area contributed by atoms with Crippen molar-refractivity contribution in [2.24, 2.45) is 0 Å². The highest BCUT2D eigenvalue weighted by molar-refractivity contribution is 6.33. The summed E-state index contributed by atoms with van der Waals surface area (Å²) >= 11 is 6.09. The van der Waals surface area contributed by atoms with Gasteiger partial charge in [-0.2, -0.15) is 0 Å². The van der Waals surface area contributed by atoms with Crippen molar-refractivity contribution in [3.63, 3.8) is 0 Å². The second-order valence-corrected chi connectivity index (χ2v) is 7.13. The van der Waals surface area contributed by atoms with E-state index in [0.29, 0.717) is 17.3 Å². The lowest BCUT2D eigenvalue weighted by Gasteiger charge is -2.28. The largest absolute Gasteiger partial charge is 0.322 e. The fourth-order valence-corrected chi connectivity index (χ4v) is 3.43. The van der Waals surface area contributed by atoms with Crippen LogP contribution in [0.2, 0.25) is 5.02 Å². The van der Waals surface area contributed by atoms with Crippen LogP contribution in [0.4, 0.5) is 5.69 Å². The standard InChI is InChI=1S/C21H24ClN3O/c22-19-10-4-5-11-20(19)23-21(26)17-25-15-13-24(14-16-25)12-6-9-18-7-2-1-3-8-18/h1-11H,12-17H2,(H,23,26)/p+2/b9-6+. The Kier molecular flexibility index (Phi) is 6.83. The Bertz CT molecular complexity index is 740. The lowest BCUT2D eigenvalue weighted by atomic mass is 10.2. The summed E-state index contributed by atoms with van der Waals surface area (Å²) in [5.41, 5.74) is 1.93. The number of benzene rings is 2. The molecule has 1 heterocycles. The Morgan fingerprint density at radius 1 is 0.962 bits per heavy atom. The van der Waals surface area contributed by atoms with Crippen LogP contribution in [0.25, 0.3) is 6.08 Å². The molecule has 0 atom stereocenters. The zero-order valence-corrected chi connectivity index (χ0v) is 15.6. The quantitative estimate of drug-likeness (QED) is 0.689. The average Bonchev–Trinajstić information content (AvgIpc) is 2.66. The van der Waals surface area contributed by atoms with Crippen molar-refractivity contribution >= 4 is 29.3 Å². The van der Waals surface area contributed by atoms with Crippen LogP contribution in [0, 0.1) is 0 Å². The number of anilines is 1. The van der Waals surface area contributed by atoms with Crippen molar-refractivity contribution in [3.8, 4) is 0 Å². The zero-order valence-electron chi connectivity index (χ0n) is 14.9. The molecule has 0 spiro atoms. The number of nitrogens with one attached hydrogen (secondary N) is 3. The minimum absolute atomic E-state index is 0.0283. The molecule has 1 aliphatic heterocycles. The van der Waals surface area contributed by atoms with Gasteiger partial charge in [-0.3, -0.25) is 4.79 Å². The Balaban J connectivity index is 1.39. The van der Waals surface area contributed by atoms with Crippen molar-refractivity contribution in [1.29, 1.82) is 0 Å². The molecule has 1 amide bonds. The van der Waals surface area contributed by atoms with Gasteiger partial charge in [-0.25, -0.2) is 0 Å². The van der Waals surface area contributed by atoms with Crippen LogP contribution in [-0.2, 0) is 4.79 Å². The van der Waals surface area contributed by atoms with Gasteiger partial charge in [-0.05, 0) is 23.8 Å². The smallest absolute Gasteiger partial charge is 0.279 e. The molecule has 0 aliphatic carbocycles. The first-order valence-electron chi connectivity index (χ1n) is 9.14. The molecule has 5 heteroatoms. The van der Waals surface area contributed by atoms with Gasteiger partial charge >= 0.3 is 0 Å². The highest BCUT2D eigenvalue weighted by atomic mass is 35.5. The SMILES string of the molecule is O=C(C[NH+]1CC[NH+](C/C=C/c2ccccc2)CC1)Nc1ccccc1Cl. The average molecular weight is 372 g/mol. The summed E-state index contributed by atoms with van der Waals surface area (Å²) < 4.78 is 0. The van der Waals surface area contributed by atoms with Gasteiger partial charge in [-0.15, -0.1) is 0 Å². The van der Waals surface area contributed by atoms with Gasteiger partial charge in [0.15, 0.2) is 6.54 Å². The third-order valence-electron chi connectivity index (χ3n) is 4.74. The van der Waals surface area contributed by atoms with E-state index in [4.69, 9.17) is 11.6 Å². The van der Waals surface area contributed by atoms with Gasteiger partial charge in [0.2, 0.25) is 0 Å². The van der Waals surface area contributed by atoms with Crippen LogP contribution < -0.4 is 15.1 Å². The van der Waals surface area contributed by atoms with E-state index in [1.807, 2.05) is 24.3 Å². The summed E-state index contributed by atoms with van der Waals surface area (Å²) in [5, 5.41) is 3.49. The van der Waals surface area contributed by atoms with E-state index in [9.17, 15) is 4.79 Å². The second-order valence-electron chi connectivity index (χ2n) is 6.72. The molecule has 1 aliphatic rings. The number of piperazine rings is 1. The summed E-state index contributed by atoms with van der Waals surface area (Å²) in [7, 11) is 0. The first-order chi connectivity index (χ1) is 12.7. The molecule has 3 rings (SSSR count). The highest BCUT2D eigenvalue weighted by Crippen LogP contribution is 2.19. The molecule has 136 valence electrons. The predicted molar refractivity (Wildman–Crippen MR) is 107 cm³/mol. The molecule has 26 heavy (non-hydrogen) atoms. The van der Waals surface area contributed by atoms with Gasteiger partial charge in [0.05, 0.1) is 17.3 Å². The second kappa shape index (κ2) is 9.53. The lowest BCUT2D eigenvalue weighted by molar-refractivity contribution is -1.01. The molecular weight excluding hydrogens is 346 g/mol. The van der Waals surface area contributed by atoms with Crippen LogP contribution in [0.15, 0.2) is 60.7 Å². The fourth-order valence-electron chi connectivity index (χ4n) is 3.25. The van der Waals surface area contributed by atoms with E-state index in [2.05, 4.69) is 41.7 Å². The van der Waals surface area contributed by atoms with Crippen LogP contribution in [0.5, 0.6) is 0 Å². The molecule has 1 saturated heterocycles. The monoisotopic (exact) mass is 371 g/mol. The molecule has 1 fully saturated rings. The molecule has 0 radical (unpaired) electrons. The van der Waals surface area contributed by atoms with Crippen molar-refractivity contribution in [2.75, 3.05) is 44.6 Å². The summed E-state index contributed by atoms with van der Waals surface area (Å²) in [6, 6.07) is 17.7. The number of amides is 1. The molecule has 0 unspecified atom stereocenters. The Morgan fingerprint density at radius 2 is 1.62 bits per heavy atom. The van der Waals surface area contributed by atoms with Gasteiger partial charge in [0.1, 0.15) is 26.2 Å². The minimum Gasteiger partial charge on any atom is -0.322 e. The molecule has 2 aromatic rings. The summed E-state index contributed by atoms with van der Waals surface area (Å²) in [6.45, 7) is 5.75. The highest BCUT2D eigenvalue weighted by Gasteiger charge is 2.24. The van der Waals surface area contributed by atoms with E-state index in [-0.39, 0.29) is 5.91 Å². The Morgan fingerprint density at radius 3 is 2.35 bits per heavy atom. The van der Waals surface area contributed by atoms with Crippen molar-refractivity contribution in [2.45, 2.75) is 0 Å². The minimum atomic E-state index is 0.0283. The zero-order chi connectivity index (χ0) is 18.2. The van der Waals surface area contributed by atoms with Gasteiger partial charge in [0, 0.05) is 0 Å². The fraction of sp³-hybridized carbons (Fsp3) is 0.286. The van der Waals surface area contributed by atoms with E-state index in [0.717, 1.165) is 32.7 Å². The van der Waals surface area contributed by atoms with Crippen molar-refractivity contribution < 1.29 is 14.6 Å². The van der Waals surface area contributed by atoms with Crippen LogP contribution >= 0.6 is 11.6 Å². The summed E-state index contributed by atoms with van der Waals surface area (Å²) in [5.74, 6) is 0.0283. The first-order valence-corrected chi connectivity index (χ1v) is 9.51. The van der Waals surface area contributed by atoms with E-state index < -0.39 is 0 Å². The third-order valence-corrected chi connectivity index (χ3v) is 5.07. The number of hydrogen-bond donors (Lipinski definition) is 3. The first kappa shape index (κ1) is 18.6.